The SMILES string of the molecule is C=CCn1c(=NC(=O)c2cc(=O)c3ccccc3o2)sc2cc(CC)ccc21. The normalized spacial score (nSPS) is 12.0. The number of nitrogens with zero attached hydrogens (tertiary/aromatic N) is 2. The van der Waals surface area contributed by atoms with Gasteiger partial charge in [-0.15, -0.1) is 6.58 Å². The van der Waals surface area contributed by atoms with Crippen LogP contribution in [0.4, 0.5) is 0 Å². The largest absolute Gasteiger partial charge is 0.451 e. The summed E-state index contributed by atoms with van der Waals surface area (Å²) in [5, 5.41) is 0.440. The molecular weight excluding hydrogens is 372 g/mol. The highest BCUT2D eigenvalue weighted by Crippen LogP contribution is 2.20. The lowest BCUT2D eigenvalue weighted by Crippen LogP contribution is -2.17. The van der Waals surface area contributed by atoms with Gasteiger partial charge in [0.1, 0.15) is 5.58 Å². The highest BCUT2D eigenvalue weighted by Gasteiger charge is 2.13. The molecule has 2 aromatic heterocycles. The van der Waals surface area contributed by atoms with Crippen LogP contribution < -0.4 is 10.2 Å². The second-order valence-electron chi connectivity index (χ2n) is 6.33. The third-order valence-electron chi connectivity index (χ3n) is 4.51. The van der Waals surface area contributed by atoms with Crippen LogP contribution in [0.5, 0.6) is 0 Å². The Kier molecular flexibility index (Phi) is 4.79. The van der Waals surface area contributed by atoms with E-state index in [4.69, 9.17) is 4.42 Å². The first-order valence-electron chi connectivity index (χ1n) is 8.96. The molecule has 0 aliphatic rings. The first kappa shape index (κ1) is 18.1. The van der Waals surface area contributed by atoms with Gasteiger partial charge in [0, 0.05) is 12.6 Å². The number of hydrogen-bond donors (Lipinski definition) is 0. The molecule has 0 fully saturated rings. The summed E-state index contributed by atoms with van der Waals surface area (Å²) in [5.41, 5.74) is 2.33. The number of aryl methyl sites for hydroxylation is 1. The average Bonchev–Trinajstić information content (AvgIpc) is 3.04. The predicted octanol–water partition coefficient (Wildman–Crippen LogP) is 4.30. The van der Waals surface area contributed by atoms with E-state index in [0.29, 0.717) is 22.3 Å². The summed E-state index contributed by atoms with van der Waals surface area (Å²) in [6.07, 6.45) is 2.70. The smallest absolute Gasteiger partial charge is 0.315 e. The maximum Gasteiger partial charge on any atom is 0.315 e. The Morgan fingerprint density at radius 3 is 2.86 bits per heavy atom. The van der Waals surface area contributed by atoms with Crippen molar-refractivity contribution in [2.45, 2.75) is 19.9 Å². The molecule has 4 rings (SSSR count). The molecular formula is C22H18N2O3S. The fourth-order valence-corrected chi connectivity index (χ4v) is 4.18. The minimum atomic E-state index is -0.581. The molecule has 0 unspecified atom stereocenters. The van der Waals surface area contributed by atoms with E-state index in [-0.39, 0.29) is 11.2 Å². The van der Waals surface area contributed by atoms with E-state index < -0.39 is 5.91 Å². The Bertz CT molecular complexity index is 1340. The molecule has 0 N–H and O–H groups in total. The number of amides is 1. The van der Waals surface area contributed by atoms with E-state index in [0.717, 1.165) is 16.6 Å². The van der Waals surface area contributed by atoms with Gasteiger partial charge >= 0.3 is 5.91 Å². The average molecular weight is 390 g/mol. The van der Waals surface area contributed by atoms with Crippen molar-refractivity contribution in [3.8, 4) is 0 Å². The van der Waals surface area contributed by atoms with Crippen molar-refractivity contribution in [2.75, 3.05) is 0 Å². The lowest BCUT2D eigenvalue weighted by molar-refractivity contribution is 0.0972. The Balaban J connectivity index is 1.87. The Morgan fingerprint density at radius 2 is 2.07 bits per heavy atom. The lowest BCUT2D eigenvalue weighted by Gasteiger charge is -2.02. The van der Waals surface area contributed by atoms with E-state index in [1.54, 1.807) is 30.3 Å². The molecule has 0 atom stereocenters. The molecule has 0 aliphatic carbocycles. The van der Waals surface area contributed by atoms with Crippen LogP contribution in [0, 0.1) is 0 Å². The molecule has 0 bridgehead atoms. The van der Waals surface area contributed by atoms with Gasteiger partial charge in [-0.05, 0) is 36.2 Å². The molecule has 28 heavy (non-hydrogen) atoms. The number of carbonyl (C=O) groups is 1. The standard InChI is InChI=1S/C22H18N2O3S/c1-3-11-24-16-10-9-14(4-2)12-20(16)28-22(24)23-21(26)19-13-17(25)15-7-5-6-8-18(15)27-19/h3,5-10,12-13H,1,4,11H2,2H3. The topological polar surface area (TPSA) is 64.6 Å². The van der Waals surface area contributed by atoms with Gasteiger partial charge < -0.3 is 8.98 Å². The van der Waals surface area contributed by atoms with Crippen molar-refractivity contribution in [1.29, 1.82) is 0 Å². The Morgan fingerprint density at radius 1 is 1.25 bits per heavy atom. The van der Waals surface area contributed by atoms with Crippen molar-refractivity contribution in [3.63, 3.8) is 0 Å². The van der Waals surface area contributed by atoms with Crippen LogP contribution in [0.2, 0.25) is 0 Å². The van der Waals surface area contributed by atoms with Crippen molar-refractivity contribution in [3.05, 3.63) is 87.5 Å². The summed E-state index contributed by atoms with van der Waals surface area (Å²) in [5.74, 6) is -0.650. The first-order chi connectivity index (χ1) is 13.6. The minimum Gasteiger partial charge on any atom is -0.451 e. The minimum absolute atomic E-state index is 0.0689. The number of thiazole rings is 1. The second-order valence-corrected chi connectivity index (χ2v) is 7.34. The summed E-state index contributed by atoms with van der Waals surface area (Å²) in [7, 11) is 0. The number of hydrogen-bond acceptors (Lipinski definition) is 4. The molecule has 4 aromatic rings. The number of para-hydroxylation sites is 1. The van der Waals surface area contributed by atoms with Crippen molar-refractivity contribution < 1.29 is 9.21 Å². The molecule has 0 spiro atoms. The van der Waals surface area contributed by atoms with Gasteiger partial charge in [0.05, 0.1) is 15.6 Å². The zero-order chi connectivity index (χ0) is 19.7. The summed E-state index contributed by atoms with van der Waals surface area (Å²) in [6.45, 7) is 6.42. The van der Waals surface area contributed by atoms with Crippen molar-refractivity contribution in [1.82, 2.24) is 4.57 Å². The van der Waals surface area contributed by atoms with Crippen LogP contribution in [0.3, 0.4) is 0 Å². The summed E-state index contributed by atoms with van der Waals surface area (Å²) in [6, 6.07) is 14.3. The fraction of sp³-hybridized carbons (Fsp3) is 0.136. The van der Waals surface area contributed by atoms with Crippen LogP contribution in [0.25, 0.3) is 21.2 Å². The number of benzene rings is 2. The van der Waals surface area contributed by atoms with Crippen LogP contribution in [0.15, 0.2) is 75.4 Å². The number of aromatic nitrogens is 1. The van der Waals surface area contributed by atoms with Crippen molar-refractivity contribution >= 4 is 38.4 Å². The highest BCUT2D eigenvalue weighted by molar-refractivity contribution is 7.16. The lowest BCUT2D eigenvalue weighted by atomic mass is 10.2. The van der Waals surface area contributed by atoms with Gasteiger partial charge in [0.25, 0.3) is 0 Å². The Hall–Kier alpha value is -3.25. The molecule has 6 heteroatoms. The molecule has 0 aliphatic heterocycles. The zero-order valence-corrected chi connectivity index (χ0v) is 16.2. The van der Waals surface area contributed by atoms with E-state index >= 15 is 0 Å². The number of fused-ring (bicyclic) bond motifs is 2. The van der Waals surface area contributed by atoms with Crippen LogP contribution in [-0.4, -0.2) is 10.5 Å². The van der Waals surface area contributed by atoms with E-state index in [2.05, 4.69) is 30.6 Å². The van der Waals surface area contributed by atoms with Gasteiger partial charge in [-0.2, -0.15) is 4.99 Å². The Labute approximate surface area is 164 Å². The van der Waals surface area contributed by atoms with Gasteiger partial charge in [-0.25, -0.2) is 0 Å². The third-order valence-corrected chi connectivity index (χ3v) is 5.55. The maximum absolute atomic E-state index is 12.7. The van der Waals surface area contributed by atoms with E-state index in [1.807, 2.05) is 10.6 Å². The van der Waals surface area contributed by atoms with E-state index in [1.165, 1.54) is 23.0 Å². The summed E-state index contributed by atoms with van der Waals surface area (Å²) < 4.78 is 8.60. The molecule has 0 saturated heterocycles. The van der Waals surface area contributed by atoms with Crippen LogP contribution in [0.1, 0.15) is 23.0 Å². The molecule has 0 radical (unpaired) electrons. The van der Waals surface area contributed by atoms with Gasteiger partial charge in [0.2, 0.25) is 0 Å². The first-order valence-corrected chi connectivity index (χ1v) is 9.77. The molecule has 5 nitrogen and oxygen atoms in total. The highest BCUT2D eigenvalue weighted by atomic mass is 32.1. The predicted molar refractivity (Wildman–Crippen MR) is 112 cm³/mol. The van der Waals surface area contributed by atoms with Gasteiger partial charge in [-0.1, -0.05) is 42.5 Å². The maximum atomic E-state index is 12.7. The molecule has 140 valence electrons. The molecule has 2 aromatic carbocycles. The van der Waals surface area contributed by atoms with Gasteiger partial charge in [-0.3, -0.25) is 9.59 Å². The van der Waals surface area contributed by atoms with Crippen molar-refractivity contribution in [2.24, 2.45) is 4.99 Å². The molecule has 0 saturated carbocycles. The molecule has 1 amide bonds. The second kappa shape index (κ2) is 7.40. The number of carbonyl (C=O) groups excluding carboxylic acids is 1. The van der Waals surface area contributed by atoms with Crippen LogP contribution in [-0.2, 0) is 13.0 Å². The summed E-state index contributed by atoms with van der Waals surface area (Å²) in [4.78, 5) is 29.8. The monoisotopic (exact) mass is 390 g/mol. The molecule has 2 heterocycles. The van der Waals surface area contributed by atoms with Gasteiger partial charge in [0.15, 0.2) is 16.0 Å². The van der Waals surface area contributed by atoms with E-state index in [9.17, 15) is 9.59 Å². The quantitative estimate of drug-likeness (QED) is 0.488. The number of rotatable bonds is 4. The fourth-order valence-electron chi connectivity index (χ4n) is 3.08. The summed E-state index contributed by atoms with van der Waals surface area (Å²) >= 11 is 1.43. The zero-order valence-electron chi connectivity index (χ0n) is 15.3. The number of allylic oxidation sites excluding steroid dienone is 1. The third kappa shape index (κ3) is 3.23. The van der Waals surface area contributed by atoms with Crippen LogP contribution >= 0.6 is 11.3 Å².